The molecule has 2 bridgehead atoms. The van der Waals surface area contributed by atoms with Crippen molar-refractivity contribution in [2.24, 2.45) is 0 Å². The molecule has 2 aliphatic rings. The topological polar surface area (TPSA) is 46.6 Å². The Morgan fingerprint density at radius 1 is 1.67 bits per heavy atom. The summed E-state index contributed by atoms with van der Waals surface area (Å²) in [5.41, 5.74) is -0.870. The monoisotopic (exact) mass is 207 g/mol. The van der Waals surface area contributed by atoms with E-state index in [-0.39, 0.29) is 17.9 Å². The highest BCUT2D eigenvalue weighted by Crippen LogP contribution is 2.42. The number of fused-ring (bicyclic) bond motifs is 2. The minimum absolute atomic E-state index is 0.0228. The molecule has 1 amide bonds. The predicted octanol–water partition coefficient (Wildman–Crippen LogP) is 0.645. The van der Waals surface area contributed by atoms with Crippen LogP contribution in [-0.4, -0.2) is 35.5 Å². The quantitative estimate of drug-likeness (QED) is 0.379. The molecule has 0 aromatic rings. The minimum Gasteiger partial charge on any atom is -0.467 e. The number of rotatable bonds is 2. The maximum atomic E-state index is 11.7. The van der Waals surface area contributed by atoms with Gasteiger partial charge in [0.15, 0.2) is 5.54 Å². The number of ether oxygens (including phenoxy) is 1. The molecule has 4 nitrogen and oxygen atoms in total. The van der Waals surface area contributed by atoms with Crippen LogP contribution in [0.5, 0.6) is 0 Å². The standard InChI is InChI=1S/C11H13NO3/c1-3-9(13)12-8-4-6-11(12,7-5-8)10(14)15-2/h3-4,6,8H,1,5,7H2,2H3/t8-,11+/m0/s1. The third kappa shape index (κ3) is 1.14. The number of hydrogen-bond acceptors (Lipinski definition) is 3. The van der Waals surface area contributed by atoms with Crippen LogP contribution in [-0.2, 0) is 14.3 Å². The fourth-order valence-electron chi connectivity index (χ4n) is 2.43. The summed E-state index contributed by atoms with van der Waals surface area (Å²) in [6.07, 6.45) is 6.35. The van der Waals surface area contributed by atoms with E-state index in [1.54, 1.807) is 11.0 Å². The van der Waals surface area contributed by atoms with Gasteiger partial charge in [0.2, 0.25) is 5.91 Å². The van der Waals surface area contributed by atoms with Gasteiger partial charge >= 0.3 is 5.97 Å². The molecule has 2 atom stereocenters. The van der Waals surface area contributed by atoms with Crippen LogP contribution in [0.25, 0.3) is 0 Å². The summed E-state index contributed by atoms with van der Waals surface area (Å²) in [6, 6.07) is 0.0228. The van der Waals surface area contributed by atoms with Crippen LogP contribution >= 0.6 is 0 Å². The zero-order chi connectivity index (χ0) is 11.1. The molecule has 0 unspecified atom stereocenters. The van der Waals surface area contributed by atoms with Gasteiger partial charge in [-0.3, -0.25) is 4.79 Å². The molecule has 2 heterocycles. The summed E-state index contributed by atoms with van der Waals surface area (Å²) in [6.45, 7) is 3.45. The van der Waals surface area contributed by atoms with Crippen molar-refractivity contribution in [2.45, 2.75) is 24.4 Å². The summed E-state index contributed by atoms with van der Waals surface area (Å²) in [5.74, 6) is -0.582. The van der Waals surface area contributed by atoms with Crippen molar-refractivity contribution in [3.63, 3.8) is 0 Å². The van der Waals surface area contributed by atoms with Crippen LogP contribution in [0.3, 0.4) is 0 Å². The van der Waals surface area contributed by atoms with Crippen LogP contribution in [0.2, 0.25) is 0 Å². The Kier molecular flexibility index (Phi) is 2.14. The van der Waals surface area contributed by atoms with E-state index in [0.717, 1.165) is 6.42 Å². The zero-order valence-electron chi connectivity index (χ0n) is 8.60. The van der Waals surface area contributed by atoms with Gasteiger partial charge in [-0.2, -0.15) is 0 Å². The summed E-state index contributed by atoms with van der Waals surface area (Å²) < 4.78 is 4.76. The van der Waals surface area contributed by atoms with Gasteiger partial charge in [-0.05, 0) is 25.0 Å². The fraction of sp³-hybridized carbons (Fsp3) is 0.455. The summed E-state index contributed by atoms with van der Waals surface area (Å²) in [4.78, 5) is 24.9. The average Bonchev–Trinajstić information content (AvgIpc) is 2.83. The summed E-state index contributed by atoms with van der Waals surface area (Å²) >= 11 is 0. The van der Waals surface area contributed by atoms with E-state index in [0.29, 0.717) is 6.42 Å². The van der Waals surface area contributed by atoms with Gasteiger partial charge < -0.3 is 9.64 Å². The van der Waals surface area contributed by atoms with E-state index in [2.05, 4.69) is 6.58 Å². The number of methoxy groups -OCH3 is 1. The first-order valence-electron chi connectivity index (χ1n) is 4.89. The second kappa shape index (κ2) is 3.22. The second-order valence-corrected chi connectivity index (χ2v) is 3.79. The Morgan fingerprint density at radius 2 is 2.40 bits per heavy atom. The maximum absolute atomic E-state index is 11.7. The highest BCUT2D eigenvalue weighted by atomic mass is 16.5. The van der Waals surface area contributed by atoms with Crippen molar-refractivity contribution < 1.29 is 14.3 Å². The largest absolute Gasteiger partial charge is 0.467 e. The van der Waals surface area contributed by atoms with E-state index < -0.39 is 5.54 Å². The molecule has 0 aromatic heterocycles. The summed E-state index contributed by atoms with van der Waals surface area (Å²) in [5, 5.41) is 0. The van der Waals surface area contributed by atoms with Crippen molar-refractivity contribution in [3.05, 3.63) is 24.8 Å². The molecule has 1 fully saturated rings. The van der Waals surface area contributed by atoms with Gasteiger partial charge in [-0.1, -0.05) is 12.7 Å². The number of carbonyl (C=O) groups excluding carboxylic acids is 2. The van der Waals surface area contributed by atoms with Gasteiger partial charge in [0.25, 0.3) is 0 Å². The van der Waals surface area contributed by atoms with Gasteiger partial charge in [0, 0.05) is 0 Å². The Bertz CT molecular complexity index is 361. The molecule has 0 spiro atoms. The molecule has 1 saturated heterocycles. The molecular formula is C11H13NO3. The van der Waals surface area contributed by atoms with Crippen LogP contribution in [0.15, 0.2) is 24.8 Å². The first-order chi connectivity index (χ1) is 7.15. The molecule has 80 valence electrons. The van der Waals surface area contributed by atoms with Gasteiger partial charge in [-0.15, -0.1) is 0 Å². The SMILES string of the molecule is C=CC(=O)N1[C@H]2C=C[C@]1(C(=O)OC)CC2. The Morgan fingerprint density at radius 3 is 2.87 bits per heavy atom. The molecule has 0 aromatic carbocycles. The van der Waals surface area contributed by atoms with Crippen molar-refractivity contribution in [1.29, 1.82) is 0 Å². The lowest BCUT2D eigenvalue weighted by molar-refractivity contribution is -0.154. The van der Waals surface area contributed by atoms with Crippen LogP contribution in [0, 0.1) is 0 Å². The Balaban J connectivity index is 2.37. The highest BCUT2D eigenvalue weighted by Gasteiger charge is 2.55. The lowest BCUT2D eigenvalue weighted by Gasteiger charge is -2.30. The van der Waals surface area contributed by atoms with E-state index in [9.17, 15) is 9.59 Å². The normalized spacial score (nSPS) is 31.8. The summed E-state index contributed by atoms with van der Waals surface area (Å²) in [7, 11) is 1.34. The van der Waals surface area contributed by atoms with Gasteiger partial charge in [-0.25, -0.2) is 4.79 Å². The van der Waals surface area contributed by atoms with E-state index in [4.69, 9.17) is 4.74 Å². The highest BCUT2D eigenvalue weighted by molar-refractivity contribution is 5.96. The van der Waals surface area contributed by atoms with Gasteiger partial charge in [0.1, 0.15) is 0 Å². The predicted molar refractivity (Wildman–Crippen MR) is 54.0 cm³/mol. The maximum Gasteiger partial charge on any atom is 0.335 e. The van der Waals surface area contributed by atoms with Crippen molar-refractivity contribution in [2.75, 3.05) is 7.11 Å². The van der Waals surface area contributed by atoms with Crippen molar-refractivity contribution in [3.8, 4) is 0 Å². The molecule has 15 heavy (non-hydrogen) atoms. The number of hydrogen-bond donors (Lipinski definition) is 0. The van der Waals surface area contributed by atoms with Crippen LogP contribution < -0.4 is 0 Å². The van der Waals surface area contributed by atoms with Gasteiger partial charge in [0.05, 0.1) is 13.2 Å². The Labute approximate surface area is 88.2 Å². The van der Waals surface area contributed by atoms with E-state index >= 15 is 0 Å². The zero-order valence-corrected chi connectivity index (χ0v) is 8.60. The first kappa shape index (κ1) is 9.96. The molecule has 4 heteroatoms. The number of nitrogens with zero attached hydrogens (tertiary/aromatic N) is 1. The molecule has 0 N–H and O–H groups in total. The van der Waals surface area contributed by atoms with E-state index in [1.807, 2.05) is 6.08 Å². The number of amides is 1. The van der Waals surface area contributed by atoms with Crippen molar-refractivity contribution in [1.82, 2.24) is 4.90 Å². The second-order valence-electron chi connectivity index (χ2n) is 3.79. The molecule has 2 aliphatic heterocycles. The number of carbonyl (C=O) groups is 2. The fourth-order valence-corrected chi connectivity index (χ4v) is 2.43. The Hall–Kier alpha value is -1.58. The molecule has 0 saturated carbocycles. The first-order valence-corrected chi connectivity index (χ1v) is 4.89. The van der Waals surface area contributed by atoms with Crippen molar-refractivity contribution >= 4 is 11.9 Å². The molecule has 2 rings (SSSR count). The van der Waals surface area contributed by atoms with E-state index in [1.165, 1.54) is 13.2 Å². The third-order valence-corrected chi connectivity index (χ3v) is 3.13. The third-order valence-electron chi connectivity index (χ3n) is 3.13. The van der Waals surface area contributed by atoms with Crippen LogP contribution in [0.4, 0.5) is 0 Å². The lowest BCUT2D eigenvalue weighted by Crippen LogP contribution is -2.51. The molecular weight excluding hydrogens is 194 g/mol. The lowest BCUT2D eigenvalue weighted by atomic mass is 9.93. The smallest absolute Gasteiger partial charge is 0.335 e. The molecule has 0 radical (unpaired) electrons. The molecule has 0 aliphatic carbocycles. The minimum atomic E-state index is -0.870. The average molecular weight is 207 g/mol. The van der Waals surface area contributed by atoms with Crippen LogP contribution in [0.1, 0.15) is 12.8 Å². The number of esters is 1.